The Labute approximate surface area is 314 Å². The van der Waals surface area contributed by atoms with Gasteiger partial charge in [0.25, 0.3) is 11.4 Å². The zero-order valence-electron chi connectivity index (χ0n) is 32.2. The number of rotatable bonds is 12. The quantitative estimate of drug-likeness (QED) is 0.0660. The van der Waals surface area contributed by atoms with Gasteiger partial charge in [0.15, 0.2) is 0 Å². The van der Waals surface area contributed by atoms with Crippen LogP contribution >= 0.6 is 0 Å². The molecule has 1 aliphatic heterocycles. The van der Waals surface area contributed by atoms with E-state index in [-0.39, 0.29) is 96.5 Å². The van der Waals surface area contributed by atoms with Gasteiger partial charge in [0.05, 0.1) is 82.3 Å². The van der Waals surface area contributed by atoms with Crippen molar-refractivity contribution >= 4 is 35.3 Å². The molecule has 286 valence electrons. The van der Waals surface area contributed by atoms with Crippen LogP contribution in [0.2, 0.25) is 0 Å². The van der Waals surface area contributed by atoms with E-state index in [4.69, 9.17) is 18.9 Å². The summed E-state index contributed by atoms with van der Waals surface area (Å²) in [5.41, 5.74) is 0.816. The Morgan fingerprint density at radius 3 is 1.70 bits per heavy atom. The number of ether oxygens (including phenoxy) is 4. The topological polar surface area (TPSA) is 182 Å². The van der Waals surface area contributed by atoms with Gasteiger partial charge in [-0.05, 0) is 45.6 Å². The second kappa shape index (κ2) is 17.2. The highest BCUT2D eigenvalue weighted by atomic mass is 16.6. The number of nitrogens with zero attached hydrogens (tertiary/aromatic N) is 3. The molecule has 0 fully saturated rings. The minimum absolute atomic E-state index is 0.00243. The number of para-hydroxylation sites is 2. The first-order valence-corrected chi connectivity index (χ1v) is 17.4. The Bertz CT molecular complexity index is 2080. The monoisotopic (exact) mass is 742 g/mol. The van der Waals surface area contributed by atoms with E-state index in [1.54, 1.807) is 39.8 Å². The Hall–Kier alpha value is -6.05. The van der Waals surface area contributed by atoms with E-state index >= 15 is 0 Å². The number of nitrogens with one attached hydrogen (secondary N) is 1. The molecule has 1 unspecified atom stereocenters. The normalized spacial score (nSPS) is 14.8. The third-order valence-corrected chi connectivity index (χ3v) is 8.63. The van der Waals surface area contributed by atoms with E-state index in [2.05, 4.69) is 10.3 Å². The van der Waals surface area contributed by atoms with Crippen molar-refractivity contribution in [2.75, 3.05) is 27.4 Å². The lowest BCUT2D eigenvalue weighted by Crippen LogP contribution is -2.33. The molecule has 54 heavy (non-hydrogen) atoms. The lowest BCUT2D eigenvalue weighted by atomic mass is 9.79. The number of hydrogen-bond donors (Lipinski definition) is 1. The van der Waals surface area contributed by atoms with Crippen LogP contribution in [0, 0.1) is 36.1 Å². The molecule has 0 saturated heterocycles. The summed E-state index contributed by atoms with van der Waals surface area (Å²) in [5.74, 6) is -4.29. The molecule has 1 N–H and O–H groups in total. The molecule has 0 aliphatic carbocycles. The summed E-state index contributed by atoms with van der Waals surface area (Å²) in [5, 5.41) is 32.0. The lowest BCUT2D eigenvalue weighted by molar-refractivity contribution is -0.896. The van der Waals surface area contributed by atoms with Crippen LogP contribution in [0.15, 0.2) is 71.1 Å². The molecule has 14 nitrogen and oxygen atoms in total. The zero-order valence-corrected chi connectivity index (χ0v) is 32.2. The molecular formula is C40H46N4O10. The number of azo groups is 1. The van der Waals surface area contributed by atoms with Gasteiger partial charge >= 0.3 is 23.9 Å². The molecule has 0 radical (unpaired) electrons. The maximum atomic E-state index is 14.5. The molecule has 0 saturated carbocycles. The van der Waals surface area contributed by atoms with Gasteiger partial charge in [-0.3, -0.25) is 4.98 Å². The molecule has 2 aromatic carbocycles. The number of aryl methyl sites for hydroxylation is 2. The molecular weight excluding hydrogens is 696 g/mol. The average molecular weight is 743 g/mol. The number of dihydropyridines is 1. The smallest absolute Gasteiger partial charge is 0.340 e. The van der Waals surface area contributed by atoms with E-state index < -0.39 is 29.8 Å². The van der Waals surface area contributed by atoms with Crippen LogP contribution in [-0.4, -0.2) is 66.0 Å². The minimum atomic E-state index is -1.19. The summed E-state index contributed by atoms with van der Waals surface area (Å²) < 4.78 is 21.4. The fourth-order valence-electron chi connectivity index (χ4n) is 6.27. The maximum Gasteiger partial charge on any atom is 0.340 e. The molecule has 1 atom stereocenters. The summed E-state index contributed by atoms with van der Waals surface area (Å²) in [6.45, 7) is 14.1. The molecule has 1 aromatic heterocycles. The Morgan fingerprint density at radius 1 is 0.685 bits per heavy atom. The Kier molecular flexibility index (Phi) is 13.0. The highest BCUT2D eigenvalue weighted by molar-refractivity contribution is 6.08. The van der Waals surface area contributed by atoms with Crippen molar-refractivity contribution in [2.24, 2.45) is 11.8 Å². The number of benzene rings is 2. The number of hydrogen-bond acceptors (Lipinski definition) is 12. The van der Waals surface area contributed by atoms with Crippen LogP contribution in [0.3, 0.4) is 0 Å². The molecule has 3 aromatic rings. The third-order valence-electron chi connectivity index (χ3n) is 8.63. The number of esters is 4. The van der Waals surface area contributed by atoms with Crippen LogP contribution in [0.25, 0.3) is 11.1 Å². The van der Waals surface area contributed by atoms with E-state index in [9.17, 15) is 29.6 Å². The number of carbonyl (C=O) groups excluding carboxylic acids is 4. The van der Waals surface area contributed by atoms with Gasteiger partial charge in [0.2, 0.25) is 0 Å². The number of methoxy groups -OCH3 is 2. The second-order valence-electron chi connectivity index (χ2n) is 13.6. The number of pyridine rings is 1. The van der Waals surface area contributed by atoms with Crippen LogP contribution < -0.4 is 5.32 Å². The zero-order chi connectivity index (χ0) is 40.0. The van der Waals surface area contributed by atoms with E-state index in [0.717, 1.165) is 0 Å². The van der Waals surface area contributed by atoms with Crippen LogP contribution in [0.4, 0.5) is 11.4 Å². The molecule has 0 bridgehead atoms. The Morgan fingerprint density at radius 2 is 1.15 bits per heavy atom. The van der Waals surface area contributed by atoms with Crippen molar-refractivity contribution in [1.29, 1.82) is 0 Å². The highest BCUT2D eigenvalue weighted by Crippen LogP contribution is 2.44. The van der Waals surface area contributed by atoms with E-state index in [1.807, 2.05) is 27.7 Å². The molecule has 0 spiro atoms. The molecule has 0 amide bonds. The predicted molar refractivity (Wildman–Crippen MR) is 198 cm³/mol. The van der Waals surface area contributed by atoms with Crippen LogP contribution in [0.1, 0.15) is 85.1 Å². The third kappa shape index (κ3) is 8.27. The van der Waals surface area contributed by atoms with Crippen molar-refractivity contribution in [1.82, 2.24) is 10.3 Å². The summed E-state index contributed by atoms with van der Waals surface area (Å²) in [4.78, 5) is 58.6. The first kappa shape index (κ1) is 40.7. The molecule has 1 aliphatic rings. The highest BCUT2D eigenvalue weighted by Gasteiger charge is 2.42. The number of aromatic nitrogens is 1. The summed E-state index contributed by atoms with van der Waals surface area (Å²) in [6, 6.07) is 12.0. The van der Waals surface area contributed by atoms with Gasteiger partial charge in [-0.2, -0.15) is 0 Å². The average Bonchev–Trinajstić information content (AvgIpc) is 3.14. The van der Waals surface area contributed by atoms with Crippen LogP contribution in [0.5, 0.6) is 0 Å². The second-order valence-corrected chi connectivity index (χ2v) is 13.6. The largest absolute Gasteiger partial charge is 0.561 e. The van der Waals surface area contributed by atoms with Crippen molar-refractivity contribution < 1.29 is 47.8 Å². The van der Waals surface area contributed by atoms with Gasteiger partial charge in [-0.1, -0.05) is 58.0 Å². The first-order valence-electron chi connectivity index (χ1n) is 17.4. The first-order chi connectivity index (χ1) is 25.5. The van der Waals surface area contributed by atoms with Crippen molar-refractivity contribution in [2.45, 2.75) is 61.3 Å². The van der Waals surface area contributed by atoms with Gasteiger partial charge in [-0.15, -0.1) is 0 Å². The predicted octanol–water partition coefficient (Wildman–Crippen LogP) is 7.01. The van der Waals surface area contributed by atoms with Gasteiger partial charge < -0.3 is 34.7 Å². The summed E-state index contributed by atoms with van der Waals surface area (Å²) in [7, 11) is 2.37. The van der Waals surface area contributed by atoms with Gasteiger partial charge in [0.1, 0.15) is 0 Å². The standard InChI is InChI=1S/C40H46N4O10/c1-21(2)19-53-39(47)33-25(7)41-23(5)31(37(45)51-9)35(33)27-15-11-13-17-29(27)43(49)44(50)30-18-14-12-16-28(30)36-32(38(46)52-10)24(6)42-26(8)34(36)40(48)54-20-22(3)4/h11-18,21-22,35,41H,19-20H2,1-10H3/b44-43-. The number of carbonyl (C=O) groups is 4. The molecule has 4 rings (SSSR count). The van der Waals surface area contributed by atoms with Crippen molar-refractivity contribution in [3.8, 4) is 11.1 Å². The number of allylic oxidation sites excluding steroid dienone is 2. The van der Waals surface area contributed by atoms with Crippen LogP contribution in [-0.2, 0) is 28.5 Å². The molecule has 14 heteroatoms. The van der Waals surface area contributed by atoms with Gasteiger partial charge in [0, 0.05) is 34.7 Å². The fraction of sp³-hybridized carbons (Fsp3) is 0.375. The van der Waals surface area contributed by atoms with E-state index in [1.165, 1.54) is 50.6 Å². The maximum absolute atomic E-state index is 14.5. The summed E-state index contributed by atoms with van der Waals surface area (Å²) in [6.07, 6.45) is 0. The summed E-state index contributed by atoms with van der Waals surface area (Å²) >= 11 is 0. The lowest BCUT2D eigenvalue weighted by Gasteiger charge is -2.30. The van der Waals surface area contributed by atoms with E-state index in [0.29, 0.717) is 11.4 Å². The fourth-order valence-corrected chi connectivity index (χ4v) is 6.27. The van der Waals surface area contributed by atoms with Gasteiger partial charge in [-0.25, -0.2) is 19.2 Å². The Balaban J connectivity index is 2.04. The molecule has 2 heterocycles. The van der Waals surface area contributed by atoms with Crippen molar-refractivity contribution in [3.63, 3.8) is 0 Å². The SMILES string of the molecule is COC(=O)C1=C(C)NC(C)=C(C(=O)OCC(C)C)C1c1ccccc1/[N+]([O-])=[N+](/[O-])c1ccccc1-c1c(C(=O)OC)c(C)nc(C)c1C(=O)OCC(C)C. The minimum Gasteiger partial charge on any atom is -0.561 e. The van der Waals surface area contributed by atoms with Crippen molar-refractivity contribution in [3.05, 3.63) is 110 Å².